The van der Waals surface area contributed by atoms with Gasteiger partial charge in [-0.05, 0) is 18.8 Å². The third-order valence-electron chi connectivity index (χ3n) is 4.01. The quantitative estimate of drug-likeness (QED) is 0.911. The summed E-state index contributed by atoms with van der Waals surface area (Å²) >= 11 is 0. The first-order valence-electron chi connectivity index (χ1n) is 7.48. The Balaban J connectivity index is 1.86. The van der Waals surface area contributed by atoms with Gasteiger partial charge in [0.2, 0.25) is 5.91 Å². The van der Waals surface area contributed by atoms with E-state index in [2.05, 4.69) is 30.5 Å². The van der Waals surface area contributed by atoms with E-state index in [-0.39, 0.29) is 5.91 Å². The van der Waals surface area contributed by atoms with Gasteiger partial charge in [-0.25, -0.2) is 0 Å². The van der Waals surface area contributed by atoms with E-state index >= 15 is 0 Å². The lowest BCUT2D eigenvalue weighted by Gasteiger charge is -2.31. The fourth-order valence-corrected chi connectivity index (χ4v) is 2.83. The summed E-state index contributed by atoms with van der Waals surface area (Å²) in [6.07, 6.45) is 4.18. The molecule has 1 saturated heterocycles. The smallest absolute Gasteiger partial charge is 0.219 e. The van der Waals surface area contributed by atoms with Crippen molar-refractivity contribution in [3.63, 3.8) is 0 Å². The van der Waals surface area contributed by atoms with Gasteiger partial charge in [0.1, 0.15) is 0 Å². The van der Waals surface area contributed by atoms with Gasteiger partial charge in [0.15, 0.2) is 0 Å². The van der Waals surface area contributed by atoms with Crippen molar-refractivity contribution in [2.45, 2.75) is 52.1 Å². The highest BCUT2D eigenvalue weighted by atomic mass is 16.2. The molecule has 5 heteroatoms. The molecule has 5 nitrogen and oxygen atoms in total. The van der Waals surface area contributed by atoms with E-state index < -0.39 is 0 Å². The topological polar surface area (TPSA) is 50.2 Å². The Morgan fingerprint density at radius 2 is 2.10 bits per heavy atom. The van der Waals surface area contributed by atoms with Gasteiger partial charge < -0.3 is 10.2 Å². The Morgan fingerprint density at radius 1 is 1.45 bits per heavy atom. The minimum absolute atomic E-state index is 0.192. The van der Waals surface area contributed by atoms with Crippen LogP contribution in [0.1, 0.15) is 50.8 Å². The van der Waals surface area contributed by atoms with Crippen LogP contribution in [0.2, 0.25) is 0 Å². The number of rotatable bonds is 4. The van der Waals surface area contributed by atoms with Gasteiger partial charge in [0.05, 0.1) is 5.69 Å². The van der Waals surface area contributed by atoms with E-state index in [1.807, 2.05) is 16.6 Å². The Labute approximate surface area is 121 Å². The van der Waals surface area contributed by atoms with E-state index in [0.717, 1.165) is 32.5 Å². The molecule has 1 amide bonds. The number of hydrogen-bond acceptors (Lipinski definition) is 3. The molecule has 0 unspecified atom stereocenters. The maximum Gasteiger partial charge on any atom is 0.219 e. The molecule has 2 rings (SSSR count). The van der Waals surface area contributed by atoms with Gasteiger partial charge in [-0.2, -0.15) is 5.10 Å². The summed E-state index contributed by atoms with van der Waals surface area (Å²) in [5.74, 6) is 0.644. The van der Waals surface area contributed by atoms with Crippen LogP contribution in [0, 0.1) is 0 Å². The summed E-state index contributed by atoms with van der Waals surface area (Å²) in [5.41, 5.74) is 2.47. The minimum Gasteiger partial charge on any atom is -0.343 e. The summed E-state index contributed by atoms with van der Waals surface area (Å²) in [7, 11) is 1.97. The van der Waals surface area contributed by atoms with E-state index in [1.54, 1.807) is 6.92 Å². The SMILES string of the molecule is CC(=O)N1CCC(NCc2cn(C)nc2C(C)C)CC1. The van der Waals surface area contributed by atoms with Crippen molar-refractivity contribution in [2.24, 2.45) is 7.05 Å². The zero-order valence-electron chi connectivity index (χ0n) is 13.0. The number of piperidine rings is 1. The van der Waals surface area contributed by atoms with Crippen LogP contribution < -0.4 is 5.32 Å². The first-order valence-corrected chi connectivity index (χ1v) is 7.48. The number of nitrogens with one attached hydrogen (secondary N) is 1. The molecule has 1 aromatic rings. The van der Waals surface area contributed by atoms with E-state index in [0.29, 0.717) is 12.0 Å². The number of amides is 1. The second kappa shape index (κ2) is 6.39. The van der Waals surface area contributed by atoms with Crippen LogP contribution >= 0.6 is 0 Å². The van der Waals surface area contributed by atoms with Crippen LogP contribution in [0.5, 0.6) is 0 Å². The fourth-order valence-electron chi connectivity index (χ4n) is 2.83. The van der Waals surface area contributed by atoms with Crippen molar-refractivity contribution >= 4 is 5.91 Å². The van der Waals surface area contributed by atoms with Gasteiger partial charge in [-0.3, -0.25) is 9.48 Å². The molecular formula is C15H26N4O. The highest BCUT2D eigenvalue weighted by Gasteiger charge is 2.21. The van der Waals surface area contributed by atoms with Crippen molar-refractivity contribution in [3.05, 3.63) is 17.5 Å². The van der Waals surface area contributed by atoms with Gasteiger partial charge in [0, 0.05) is 51.4 Å². The van der Waals surface area contributed by atoms with E-state index in [9.17, 15) is 4.79 Å². The van der Waals surface area contributed by atoms with Gasteiger partial charge in [-0.1, -0.05) is 13.8 Å². The monoisotopic (exact) mass is 278 g/mol. The molecule has 1 N–H and O–H groups in total. The number of likely N-dealkylation sites (tertiary alicyclic amines) is 1. The van der Waals surface area contributed by atoms with E-state index in [4.69, 9.17) is 0 Å². The maximum atomic E-state index is 11.3. The number of carbonyl (C=O) groups is 1. The van der Waals surface area contributed by atoms with E-state index in [1.165, 1.54) is 11.3 Å². The summed E-state index contributed by atoms with van der Waals surface area (Å²) in [5, 5.41) is 8.15. The first-order chi connectivity index (χ1) is 9.47. The van der Waals surface area contributed by atoms with Crippen molar-refractivity contribution in [1.82, 2.24) is 20.0 Å². The highest BCUT2D eigenvalue weighted by molar-refractivity contribution is 5.73. The lowest BCUT2D eigenvalue weighted by Crippen LogP contribution is -2.44. The van der Waals surface area contributed by atoms with Crippen molar-refractivity contribution in [2.75, 3.05) is 13.1 Å². The summed E-state index contributed by atoms with van der Waals surface area (Å²) < 4.78 is 1.89. The van der Waals surface area contributed by atoms with Crippen LogP contribution in [0.3, 0.4) is 0 Å². The molecule has 112 valence electrons. The second-order valence-corrected chi connectivity index (χ2v) is 6.03. The minimum atomic E-state index is 0.192. The molecule has 1 aliphatic rings. The number of nitrogens with zero attached hydrogens (tertiary/aromatic N) is 3. The number of hydrogen-bond donors (Lipinski definition) is 1. The molecular weight excluding hydrogens is 252 g/mol. The zero-order chi connectivity index (χ0) is 14.7. The van der Waals surface area contributed by atoms with Crippen LogP contribution in [-0.4, -0.2) is 39.7 Å². The molecule has 0 atom stereocenters. The summed E-state index contributed by atoms with van der Waals surface area (Å²) in [6, 6.07) is 0.505. The van der Waals surface area contributed by atoms with Gasteiger partial charge in [0.25, 0.3) is 0 Å². The fraction of sp³-hybridized carbons (Fsp3) is 0.733. The molecule has 1 fully saturated rings. The molecule has 0 radical (unpaired) electrons. The van der Waals surface area contributed by atoms with Crippen LogP contribution in [0.25, 0.3) is 0 Å². The number of carbonyl (C=O) groups excluding carboxylic acids is 1. The average molecular weight is 278 g/mol. The lowest BCUT2D eigenvalue weighted by atomic mass is 10.0. The lowest BCUT2D eigenvalue weighted by molar-refractivity contribution is -0.129. The Hall–Kier alpha value is -1.36. The second-order valence-electron chi connectivity index (χ2n) is 6.03. The third kappa shape index (κ3) is 3.60. The van der Waals surface area contributed by atoms with Crippen molar-refractivity contribution < 1.29 is 4.79 Å². The highest BCUT2D eigenvalue weighted by Crippen LogP contribution is 2.18. The number of aromatic nitrogens is 2. The predicted octanol–water partition coefficient (Wildman–Crippen LogP) is 1.64. The normalized spacial score (nSPS) is 16.9. The number of aryl methyl sites for hydroxylation is 1. The molecule has 0 bridgehead atoms. The molecule has 2 heterocycles. The van der Waals surface area contributed by atoms with Crippen LogP contribution in [0.15, 0.2) is 6.20 Å². The zero-order valence-corrected chi connectivity index (χ0v) is 13.0. The average Bonchev–Trinajstić information content (AvgIpc) is 2.78. The Morgan fingerprint density at radius 3 is 2.65 bits per heavy atom. The van der Waals surface area contributed by atoms with Crippen molar-refractivity contribution in [3.8, 4) is 0 Å². The molecule has 0 aromatic carbocycles. The van der Waals surface area contributed by atoms with Gasteiger partial charge in [-0.15, -0.1) is 0 Å². The summed E-state index contributed by atoms with van der Waals surface area (Å²) in [6.45, 7) is 8.62. The molecule has 0 spiro atoms. The Kier molecular flexibility index (Phi) is 4.81. The standard InChI is InChI=1S/C15H26N4O/c1-11(2)15-13(10-18(4)17-15)9-16-14-5-7-19(8-6-14)12(3)20/h10-11,14,16H,5-9H2,1-4H3. The first kappa shape index (κ1) is 15.0. The molecule has 1 aromatic heterocycles. The van der Waals surface area contributed by atoms with Crippen LogP contribution in [0.4, 0.5) is 0 Å². The largest absolute Gasteiger partial charge is 0.343 e. The Bertz CT molecular complexity index is 458. The summed E-state index contributed by atoms with van der Waals surface area (Å²) in [4.78, 5) is 13.2. The molecule has 0 saturated carbocycles. The third-order valence-corrected chi connectivity index (χ3v) is 4.01. The van der Waals surface area contributed by atoms with Gasteiger partial charge >= 0.3 is 0 Å². The maximum absolute atomic E-state index is 11.3. The van der Waals surface area contributed by atoms with Crippen molar-refractivity contribution in [1.29, 1.82) is 0 Å². The molecule has 0 aliphatic carbocycles. The molecule has 20 heavy (non-hydrogen) atoms. The molecule has 1 aliphatic heterocycles. The predicted molar refractivity (Wildman–Crippen MR) is 79.4 cm³/mol. The van der Waals surface area contributed by atoms with Crippen LogP contribution in [-0.2, 0) is 18.4 Å².